The zero-order valence-electron chi connectivity index (χ0n) is 15.3. The average molecular weight is 371 g/mol. The Hall–Kier alpha value is -2.89. The van der Waals surface area contributed by atoms with E-state index in [0.29, 0.717) is 12.2 Å². The van der Waals surface area contributed by atoms with Crippen molar-refractivity contribution in [2.75, 3.05) is 13.7 Å². The molecule has 0 aromatic heterocycles. The normalized spacial score (nSPS) is 19.1. The van der Waals surface area contributed by atoms with Crippen molar-refractivity contribution in [3.05, 3.63) is 65.5 Å². The summed E-state index contributed by atoms with van der Waals surface area (Å²) >= 11 is 0. The summed E-state index contributed by atoms with van der Waals surface area (Å²) in [5.41, 5.74) is 1.76. The molecule has 0 saturated heterocycles. The first-order valence-corrected chi connectivity index (χ1v) is 8.84. The molecule has 1 aliphatic rings. The van der Waals surface area contributed by atoms with E-state index in [1.54, 1.807) is 19.2 Å². The second-order valence-electron chi connectivity index (χ2n) is 6.64. The number of rotatable bonds is 7. The van der Waals surface area contributed by atoms with Crippen LogP contribution in [0.2, 0.25) is 0 Å². The number of para-hydroxylation sites is 1. The van der Waals surface area contributed by atoms with Gasteiger partial charge in [-0.05, 0) is 43.0 Å². The minimum atomic E-state index is -0.399. The Balaban J connectivity index is 1.46. The minimum Gasteiger partial charge on any atom is -0.496 e. The van der Waals surface area contributed by atoms with Crippen LogP contribution in [0.15, 0.2) is 48.5 Å². The molecule has 1 N–H and O–H groups in total. The number of halogens is 1. The number of hydrogen-bond acceptors (Lipinski definition) is 4. The molecule has 3 rings (SSSR count). The van der Waals surface area contributed by atoms with Crippen LogP contribution in [0.5, 0.6) is 5.75 Å². The molecule has 3 atom stereocenters. The lowest BCUT2D eigenvalue weighted by Crippen LogP contribution is -2.31. The predicted octanol–water partition coefficient (Wildman–Crippen LogP) is 3.36. The highest BCUT2D eigenvalue weighted by Gasteiger charge is 2.45. The monoisotopic (exact) mass is 371 g/mol. The van der Waals surface area contributed by atoms with Crippen molar-refractivity contribution in [3.8, 4) is 5.75 Å². The van der Waals surface area contributed by atoms with E-state index >= 15 is 0 Å². The number of esters is 1. The van der Waals surface area contributed by atoms with E-state index < -0.39 is 5.97 Å². The van der Waals surface area contributed by atoms with Crippen LogP contribution >= 0.6 is 0 Å². The van der Waals surface area contributed by atoms with Crippen molar-refractivity contribution in [1.82, 2.24) is 5.32 Å². The van der Waals surface area contributed by atoms with E-state index in [2.05, 4.69) is 5.32 Å². The van der Waals surface area contributed by atoms with Crippen LogP contribution in [0.3, 0.4) is 0 Å². The van der Waals surface area contributed by atoms with Crippen molar-refractivity contribution in [1.29, 1.82) is 0 Å². The maximum absolute atomic E-state index is 13.0. The molecular weight excluding hydrogens is 349 g/mol. The summed E-state index contributed by atoms with van der Waals surface area (Å²) < 4.78 is 23.4. The zero-order valence-corrected chi connectivity index (χ0v) is 15.3. The average Bonchev–Trinajstić information content (AvgIpc) is 3.47. The Morgan fingerprint density at radius 1 is 1.19 bits per heavy atom. The van der Waals surface area contributed by atoms with Crippen LogP contribution in [0.25, 0.3) is 0 Å². The number of carbonyl (C=O) groups is 2. The maximum Gasteiger partial charge on any atom is 0.310 e. The lowest BCUT2D eigenvalue weighted by molar-refractivity contribution is -0.150. The summed E-state index contributed by atoms with van der Waals surface area (Å²) in [7, 11) is 1.57. The molecule has 27 heavy (non-hydrogen) atoms. The molecule has 1 fully saturated rings. The van der Waals surface area contributed by atoms with Crippen molar-refractivity contribution in [2.24, 2.45) is 5.92 Å². The van der Waals surface area contributed by atoms with Gasteiger partial charge in [-0.2, -0.15) is 0 Å². The van der Waals surface area contributed by atoms with Gasteiger partial charge in [-0.3, -0.25) is 9.59 Å². The van der Waals surface area contributed by atoms with E-state index in [1.165, 1.54) is 12.1 Å². The second-order valence-corrected chi connectivity index (χ2v) is 6.64. The molecule has 0 spiro atoms. The third-order valence-electron chi connectivity index (χ3n) is 4.72. The van der Waals surface area contributed by atoms with Crippen LogP contribution in [0.4, 0.5) is 4.39 Å². The van der Waals surface area contributed by atoms with Gasteiger partial charge in [0, 0.05) is 5.56 Å². The number of carbonyl (C=O) groups excluding carboxylic acids is 2. The smallest absolute Gasteiger partial charge is 0.310 e. The fourth-order valence-electron chi connectivity index (χ4n) is 3.16. The number of benzene rings is 2. The zero-order chi connectivity index (χ0) is 19.4. The van der Waals surface area contributed by atoms with Crippen molar-refractivity contribution < 1.29 is 23.5 Å². The van der Waals surface area contributed by atoms with Crippen molar-refractivity contribution in [3.63, 3.8) is 0 Å². The van der Waals surface area contributed by atoms with E-state index in [4.69, 9.17) is 9.47 Å². The van der Waals surface area contributed by atoms with Gasteiger partial charge in [0.1, 0.15) is 11.6 Å². The van der Waals surface area contributed by atoms with E-state index in [1.807, 2.05) is 31.2 Å². The molecule has 1 saturated carbocycles. The molecule has 2 aromatic carbocycles. The predicted molar refractivity (Wildman–Crippen MR) is 97.8 cm³/mol. The Morgan fingerprint density at radius 3 is 2.59 bits per heavy atom. The third-order valence-corrected chi connectivity index (χ3v) is 4.72. The van der Waals surface area contributed by atoms with Gasteiger partial charge in [0.15, 0.2) is 6.61 Å². The SMILES string of the molecule is COc1ccccc1C(C)NC(=O)COC(=O)C1CC1c1ccc(F)cc1. The van der Waals surface area contributed by atoms with Gasteiger partial charge in [0.2, 0.25) is 0 Å². The van der Waals surface area contributed by atoms with Gasteiger partial charge >= 0.3 is 5.97 Å². The highest BCUT2D eigenvalue weighted by Crippen LogP contribution is 2.48. The Morgan fingerprint density at radius 2 is 1.89 bits per heavy atom. The van der Waals surface area contributed by atoms with Gasteiger partial charge in [-0.25, -0.2) is 4.39 Å². The first kappa shape index (κ1) is 18.9. The number of amides is 1. The molecule has 2 aromatic rings. The third kappa shape index (κ3) is 4.64. The molecule has 0 aliphatic heterocycles. The lowest BCUT2D eigenvalue weighted by Gasteiger charge is -2.17. The Kier molecular flexibility index (Phi) is 5.74. The molecule has 3 unspecified atom stereocenters. The summed E-state index contributed by atoms with van der Waals surface area (Å²) in [6.07, 6.45) is 0.656. The highest BCUT2D eigenvalue weighted by molar-refractivity contribution is 5.83. The summed E-state index contributed by atoms with van der Waals surface area (Å²) in [5.74, 6) is -0.629. The van der Waals surface area contributed by atoms with Gasteiger partial charge in [-0.1, -0.05) is 30.3 Å². The van der Waals surface area contributed by atoms with E-state index in [-0.39, 0.29) is 36.2 Å². The molecular formula is C21H22FNO4. The largest absolute Gasteiger partial charge is 0.496 e. The van der Waals surface area contributed by atoms with Crippen LogP contribution in [-0.2, 0) is 14.3 Å². The first-order valence-electron chi connectivity index (χ1n) is 8.84. The van der Waals surface area contributed by atoms with Gasteiger partial charge < -0.3 is 14.8 Å². The van der Waals surface area contributed by atoms with Crippen LogP contribution in [0.1, 0.15) is 36.4 Å². The quantitative estimate of drug-likeness (QED) is 0.758. The fraction of sp³-hybridized carbons (Fsp3) is 0.333. The van der Waals surface area contributed by atoms with Crippen LogP contribution < -0.4 is 10.1 Å². The lowest BCUT2D eigenvalue weighted by atomic mass is 10.1. The molecule has 5 nitrogen and oxygen atoms in total. The summed E-state index contributed by atoms with van der Waals surface area (Å²) in [6.45, 7) is 1.51. The van der Waals surface area contributed by atoms with Gasteiger partial charge in [0.05, 0.1) is 19.1 Å². The maximum atomic E-state index is 13.0. The van der Waals surface area contributed by atoms with E-state index in [9.17, 15) is 14.0 Å². The first-order chi connectivity index (χ1) is 13.0. The van der Waals surface area contributed by atoms with Crippen LogP contribution in [-0.4, -0.2) is 25.6 Å². The number of nitrogens with one attached hydrogen (secondary N) is 1. The summed E-state index contributed by atoms with van der Waals surface area (Å²) in [4.78, 5) is 24.2. The standard InChI is InChI=1S/C21H22FNO4/c1-13(16-5-3-4-6-19(16)26-2)23-20(24)12-27-21(25)18-11-17(18)14-7-9-15(22)10-8-14/h3-10,13,17-18H,11-12H2,1-2H3,(H,23,24). The van der Waals surface area contributed by atoms with Gasteiger partial charge in [0.25, 0.3) is 5.91 Å². The number of methoxy groups -OCH3 is 1. The molecule has 6 heteroatoms. The minimum absolute atomic E-state index is 0.0358. The van der Waals surface area contributed by atoms with Crippen LogP contribution in [0, 0.1) is 11.7 Å². The molecule has 142 valence electrons. The summed E-state index contributed by atoms with van der Waals surface area (Å²) in [5, 5.41) is 2.80. The van der Waals surface area contributed by atoms with Crippen molar-refractivity contribution >= 4 is 11.9 Å². The number of hydrogen-bond donors (Lipinski definition) is 1. The second kappa shape index (κ2) is 8.20. The highest BCUT2D eigenvalue weighted by atomic mass is 19.1. The molecule has 0 heterocycles. The number of ether oxygens (including phenoxy) is 2. The van der Waals surface area contributed by atoms with Gasteiger partial charge in [-0.15, -0.1) is 0 Å². The molecule has 1 amide bonds. The molecule has 0 radical (unpaired) electrons. The Labute approximate surface area is 157 Å². The topological polar surface area (TPSA) is 64.6 Å². The summed E-state index contributed by atoms with van der Waals surface area (Å²) in [6, 6.07) is 13.2. The fourth-order valence-corrected chi connectivity index (χ4v) is 3.16. The molecule has 0 bridgehead atoms. The Bertz CT molecular complexity index is 821. The molecule has 1 aliphatic carbocycles. The van der Waals surface area contributed by atoms with E-state index in [0.717, 1.165) is 11.1 Å². The van der Waals surface area contributed by atoms with Crippen molar-refractivity contribution in [2.45, 2.75) is 25.3 Å².